The summed E-state index contributed by atoms with van der Waals surface area (Å²) in [4.78, 5) is 12.7. The molecule has 6 nitrogen and oxygen atoms in total. The Balaban J connectivity index is 0.908. The Morgan fingerprint density at radius 2 is 0.657 bits per heavy atom. The summed E-state index contributed by atoms with van der Waals surface area (Å²) in [5.41, 5.74) is 9.61. The van der Waals surface area contributed by atoms with Crippen LogP contribution in [0.15, 0.2) is 121 Å². The molecule has 0 aromatic heterocycles. The second kappa shape index (κ2) is 16.2. The molecule has 7 aliphatic carbocycles. The zero-order valence-electron chi connectivity index (χ0n) is 41.1. The van der Waals surface area contributed by atoms with Crippen molar-refractivity contribution in [3.8, 4) is 0 Å². The number of fused-ring (bicyclic) bond motifs is 6. The number of hydrogen-bond donors (Lipinski definition) is 0. The van der Waals surface area contributed by atoms with E-state index in [1.54, 1.807) is 0 Å². The van der Waals surface area contributed by atoms with E-state index in [0.717, 1.165) is 23.7 Å². The monoisotopic (exact) mass is 969 g/mol. The number of nitrogens with zero attached hydrogens (tertiary/aromatic N) is 4. The molecule has 8 heteroatoms. The van der Waals surface area contributed by atoms with Crippen molar-refractivity contribution < 1.29 is 9.47 Å². The fourth-order valence-electron chi connectivity index (χ4n) is 21.0. The third-order valence-corrected chi connectivity index (χ3v) is 30.6. The molecular weight excluding hydrogens is 895 g/mol. The lowest BCUT2D eigenvalue weighted by Gasteiger charge is -2.79. The molecule has 0 bridgehead atoms. The lowest BCUT2D eigenvalue weighted by molar-refractivity contribution is -0.144. The van der Waals surface area contributed by atoms with Crippen molar-refractivity contribution in [3.63, 3.8) is 0 Å². The molecule has 13 aliphatic rings. The summed E-state index contributed by atoms with van der Waals surface area (Å²) < 4.78 is 17.2. The highest BCUT2D eigenvalue weighted by atomic mass is 31.1. The molecule has 364 valence electrons. The summed E-state index contributed by atoms with van der Waals surface area (Å²) >= 11 is 0. The fourth-order valence-corrected chi connectivity index (χ4v) is 31.2. The van der Waals surface area contributed by atoms with Crippen molar-refractivity contribution >= 4 is 38.6 Å². The minimum atomic E-state index is -0.398. The number of rotatable bonds is 4. The molecule has 4 aromatic carbocycles. The predicted octanol–water partition coefficient (Wildman–Crippen LogP) is 12.5. The van der Waals surface area contributed by atoms with Gasteiger partial charge in [0.1, 0.15) is 0 Å². The van der Waals surface area contributed by atoms with Gasteiger partial charge >= 0.3 is 0 Å². The average molecular weight is 969 g/mol. The predicted molar refractivity (Wildman–Crippen MR) is 288 cm³/mol. The van der Waals surface area contributed by atoms with Gasteiger partial charge in [-0.05, 0) is 136 Å². The number of hydrogen-bond acceptors (Lipinski definition) is 6. The van der Waals surface area contributed by atoms with Crippen molar-refractivity contribution in [2.45, 2.75) is 209 Å². The lowest BCUT2D eigenvalue weighted by Crippen LogP contribution is -2.87. The van der Waals surface area contributed by atoms with Crippen LogP contribution in [0.3, 0.4) is 0 Å². The van der Waals surface area contributed by atoms with Gasteiger partial charge in [-0.2, -0.15) is 0 Å². The van der Waals surface area contributed by atoms with Crippen molar-refractivity contribution in [1.29, 1.82) is 0 Å². The third kappa shape index (κ3) is 5.73. The van der Waals surface area contributed by atoms with Gasteiger partial charge in [0.15, 0.2) is 0 Å². The minimum absolute atomic E-state index is 0.234. The molecule has 0 N–H and O–H groups in total. The van der Waals surface area contributed by atoms with E-state index in [-0.39, 0.29) is 12.2 Å². The average Bonchev–Trinajstić information content (AvgIpc) is 3.43. The van der Waals surface area contributed by atoms with Crippen LogP contribution in [0.1, 0.15) is 103 Å². The molecule has 70 heavy (non-hydrogen) atoms. The Morgan fingerprint density at radius 1 is 0.329 bits per heavy atom. The molecule has 0 radical (unpaired) electrons. The number of ether oxygens (including phenoxy) is 2. The first-order valence-corrected chi connectivity index (χ1v) is 32.1. The Kier molecular flexibility index (Phi) is 9.76. The molecule has 7 saturated carbocycles. The molecule has 0 spiro atoms. The summed E-state index contributed by atoms with van der Waals surface area (Å²) in [6.45, 7) is 0. The second-order valence-corrected chi connectivity index (χ2v) is 30.4. The molecule has 6 heterocycles. The Hall–Kier alpha value is -3.14. The highest BCUT2D eigenvalue weighted by molar-refractivity contribution is 7.61. The Labute approximate surface area is 420 Å². The normalized spacial score (nSPS) is 48.6. The van der Waals surface area contributed by atoms with Crippen LogP contribution in [0.25, 0.3) is 0 Å². The molecular formula is C62H74N4O2P2. The van der Waals surface area contributed by atoms with Crippen molar-refractivity contribution in [3.05, 3.63) is 121 Å². The molecule has 24 unspecified atom stereocenters. The first kappa shape index (κ1) is 42.2. The van der Waals surface area contributed by atoms with E-state index in [1.165, 1.54) is 125 Å². The van der Waals surface area contributed by atoms with E-state index in [9.17, 15) is 0 Å². The summed E-state index contributed by atoms with van der Waals surface area (Å²) in [5.74, 6) is 3.13. The highest BCUT2D eigenvalue weighted by Gasteiger charge is 2.78. The van der Waals surface area contributed by atoms with Gasteiger partial charge in [0.05, 0.1) is 36.5 Å². The standard InChI is InChI=1S/C62H74N4O2P2/c1-5-21-39(22-6-1)63-45-31-17-33-47-57(45)69-59-49(35-37-19-13-15-29-43(37)51(59)63)67-55-54-62-56(53(61(55)69)65(47)41-25-9-3-10-26-41)68-50-36-38-20-14-16-30-44(38)52-60(50)70(62)58-46(64(52)40-23-7-2-8-24-40)32-18-34-48(58)66(54)42-27-11-4-12-28-42/h1-12,21-28,37-38,43-62H,13-20,29-36H2. The van der Waals surface area contributed by atoms with Crippen LogP contribution >= 0.6 is 15.8 Å². The van der Waals surface area contributed by atoms with E-state index in [4.69, 9.17) is 9.47 Å². The maximum absolute atomic E-state index is 8.61. The summed E-state index contributed by atoms with van der Waals surface area (Å²) in [5, 5.41) is 0. The zero-order chi connectivity index (χ0) is 45.3. The van der Waals surface area contributed by atoms with Crippen LogP contribution in [0.2, 0.25) is 0 Å². The van der Waals surface area contributed by atoms with Crippen molar-refractivity contribution in [1.82, 2.24) is 0 Å². The minimum Gasteiger partial charge on any atom is -0.371 e. The van der Waals surface area contributed by atoms with Crippen molar-refractivity contribution in [2.24, 2.45) is 23.7 Å². The second-order valence-electron chi connectivity index (χ2n) is 25.1. The van der Waals surface area contributed by atoms with E-state index in [0.29, 0.717) is 94.5 Å². The van der Waals surface area contributed by atoms with E-state index >= 15 is 0 Å². The largest absolute Gasteiger partial charge is 0.371 e. The smallest absolute Gasteiger partial charge is 0.0877 e. The van der Waals surface area contributed by atoms with E-state index < -0.39 is 15.8 Å². The SMILES string of the molecule is c1ccc(N2C3CCCC4C3P3C5C(CC6CCCCC6C52)OC2C5C6C(OC7CC8CCCCC8C8C7P6C6C(CCCC6N5c5ccccc5)N8c5ccccc5)C(C23)N4c2ccccc2)cc1. The fraction of sp³-hybridized carbons (Fsp3) is 0.613. The maximum Gasteiger partial charge on any atom is 0.0877 e. The van der Waals surface area contributed by atoms with Gasteiger partial charge in [-0.3, -0.25) is 0 Å². The number of para-hydroxylation sites is 4. The van der Waals surface area contributed by atoms with Crippen LogP contribution in [0.4, 0.5) is 22.7 Å². The zero-order valence-corrected chi connectivity index (χ0v) is 42.9. The van der Waals surface area contributed by atoms with Crippen LogP contribution in [0, 0.1) is 23.7 Å². The van der Waals surface area contributed by atoms with Gasteiger partial charge in [-0.15, -0.1) is 0 Å². The third-order valence-electron chi connectivity index (χ3n) is 22.6. The summed E-state index contributed by atoms with van der Waals surface area (Å²) in [7, 11) is -0.795. The Morgan fingerprint density at radius 3 is 1.01 bits per heavy atom. The molecule has 6 saturated heterocycles. The molecule has 24 atom stereocenters. The van der Waals surface area contributed by atoms with Gasteiger partial charge in [0.2, 0.25) is 0 Å². The van der Waals surface area contributed by atoms with Crippen LogP contribution in [-0.4, -0.2) is 107 Å². The van der Waals surface area contributed by atoms with Crippen molar-refractivity contribution in [2.75, 3.05) is 19.6 Å². The van der Waals surface area contributed by atoms with Crippen LogP contribution in [-0.2, 0) is 9.47 Å². The maximum atomic E-state index is 8.61. The van der Waals surface area contributed by atoms with Gasteiger partial charge in [0, 0.05) is 93.0 Å². The molecule has 17 rings (SSSR count). The van der Waals surface area contributed by atoms with E-state index in [2.05, 4.69) is 141 Å². The lowest BCUT2D eigenvalue weighted by atomic mass is 9.65. The number of anilines is 4. The van der Waals surface area contributed by atoms with Gasteiger partial charge < -0.3 is 29.1 Å². The molecule has 6 aliphatic heterocycles. The van der Waals surface area contributed by atoms with Gasteiger partial charge in [0.25, 0.3) is 0 Å². The van der Waals surface area contributed by atoms with E-state index in [1.807, 2.05) is 0 Å². The quantitative estimate of drug-likeness (QED) is 0.190. The summed E-state index contributed by atoms with van der Waals surface area (Å²) in [6, 6.07) is 52.3. The van der Waals surface area contributed by atoms with Crippen LogP contribution < -0.4 is 19.6 Å². The van der Waals surface area contributed by atoms with Crippen LogP contribution in [0.5, 0.6) is 0 Å². The van der Waals surface area contributed by atoms with Gasteiger partial charge in [-0.25, -0.2) is 0 Å². The topological polar surface area (TPSA) is 31.4 Å². The molecule has 4 aromatic rings. The van der Waals surface area contributed by atoms with Gasteiger partial charge in [-0.1, -0.05) is 127 Å². The first-order chi connectivity index (χ1) is 34.8. The number of benzene rings is 4. The molecule has 13 fully saturated rings. The molecule has 0 amide bonds. The first-order valence-electron chi connectivity index (χ1n) is 29.0. The Bertz CT molecular complexity index is 2400. The highest BCUT2D eigenvalue weighted by Crippen LogP contribution is 2.79. The summed E-state index contributed by atoms with van der Waals surface area (Å²) in [6.07, 6.45) is 23.1.